The Morgan fingerprint density at radius 2 is 1.60 bits per heavy atom. The number of fused-ring (bicyclic) bond motifs is 1. The first-order chi connectivity index (χ1) is 12.2. The zero-order valence-electron chi connectivity index (χ0n) is 13.2. The third kappa shape index (κ3) is 3.35. The molecule has 0 bridgehead atoms. The molecule has 0 saturated carbocycles. The van der Waals surface area contributed by atoms with Crippen molar-refractivity contribution in [2.24, 2.45) is 4.99 Å². The highest BCUT2D eigenvalue weighted by atomic mass is 79.9. The summed E-state index contributed by atoms with van der Waals surface area (Å²) in [5.41, 5.74) is 2.53. The van der Waals surface area contributed by atoms with Crippen LogP contribution in [0.4, 0.5) is 5.69 Å². The zero-order valence-corrected chi connectivity index (χ0v) is 14.8. The summed E-state index contributed by atoms with van der Waals surface area (Å²) in [5.74, 6) is 0.979. The molecule has 0 radical (unpaired) electrons. The van der Waals surface area contributed by atoms with Crippen molar-refractivity contribution in [3.8, 4) is 17.1 Å². The highest BCUT2D eigenvalue weighted by molar-refractivity contribution is 9.10. The van der Waals surface area contributed by atoms with E-state index in [4.69, 9.17) is 9.41 Å². The summed E-state index contributed by atoms with van der Waals surface area (Å²) in [5, 5.41) is 11.2. The predicted molar refractivity (Wildman–Crippen MR) is 103 cm³/mol. The Balaban J connectivity index is 2.00. The zero-order chi connectivity index (χ0) is 17.2. The molecule has 1 N–H and O–H groups in total. The molecule has 122 valence electrons. The number of nitrogens with zero attached hydrogens (tertiary/aromatic N) is 1. The molecular weight excluding hydrogens is 378 g/mol. The largest absolute Gasteiger partial charge is 0.508 e. The molecule has 0 atom stereocenters. The van der Waals surface area contributed by atoms with Gasteiger partial charge in [-0.2, -0.15) is 0 Å². The van der Waals surface area contributed by atoms with Gasteiger partial charge in [0.15, 0.2) is 0 Å². The molecule has 4 heteroatoms. The summed E-state index contributed by atoms with van der Waals surface area (Å²) >= 11 is 3.51. The van der Waals surface area contributed by atoms with Crippen molar-refractivity contribution in [1.29, 1.82) is 0 Å². The Bertz CT molecular complexity index is 1100. The van der Waals surface area contributed by atoms with Gasteiger partial charge in [0.05, 0.1) is 11.0 Å². The number of phenols is 1. The summed E-state index contributed by atoms with van der Waals surface area (Å²) in [4.78, 5) is 4.75. The van der Waals surface area contributed by atoms with Crippen molar-refractivity contribution in [2.75, 3.05) is 0 Å². The summed E-state index contributed by atoms with van der Waals surface area (Å²) in [6.07, 6.45) is 0. The average Bonchev–Trinajstić information content (AvgIpc) is 2.64. The molecule has 0 saturated heterocycles. The highest BCUT2D eigenvalue weighted by Gasteiger charge is 2.06. The standard InChI is InChI=1S/C21H14BrNO2/c22-15-6-11-20-18(12-15)19(23-16-7-9-17(24)10-8-16)13-21(25-20)14-4-2-1-3-5-14/h1-13,24H. The third-order valence-corrected chi connectivity index (χ3v) is 4.36. The van der Waals surface area contributed by atoms with Gasteiger partial charge < -0.3 is 9.52 Å². The Hall–Kier alpha value is -2.85. The van der Waals surface area contributed by atoms with E-state index in [1.54, 1.807) is 24.3 Å². The van der Waals surface area contributed by atoms with E-state index in [0.29, 0.717) is 0 Å². The van der Waals surface area contributed by atoms with Crippen LogP contribution >= 0.6 is 15.9 Å². The van der Waals surface area contributed by atoms with Crippen molar-refractivity contribution in [1.82, 2.24) is 0 Å². The molecule has 0 unspecified atom stereocenters. The number of phenolic OH excluding ortho intramolecular Hbond substituents is 1. The van der Waals surface area contributed by atoms with Crippen molar-refractivity contribution in [2.45, 2.75) is 0 Å². The summed E-state index contributed by atoms with van der Waals surface area (Å²) in [6.45, 7) is 0. The lowest BCUT2D eigenvalue weighted by atomic mass is 10.1. The quantitative estimate of drug-likeness (QED) is 0.469. The van der Waals surface area contributed by atoms with Gasteiger partial charge in [0.1, 0.15) is 17.1 Å². The Morgan fingerprint density at radius 1 is 0.840 bits per heavy atom. The van der Waals surface area contributed by atoms with E-state index in [1.807, 2.05) is 54.6 Å². The number of rotatable bonds is 2. The number of halogens is 1. The number of aromatic hydroxyl groups is 1. The predicted octanol–water partition coefficient (Wildman–Crippen LogP) is 5.80. The molecule has 4 rings (SSSR count). The average molecular weight is 392 g/mol. The van der Waals surface area contributed by atoms with Gasteiger partial charge in [0.2, 0.25) is 0 Å². The molecule has 1 heterocycles. The van der Waals surface area contributed by atoms with Crippen molar-refractivity contribution < 1.29 is 9.52 Å². The van der Waals surface area contributed by atoms with Crippen LogP contribution in [0.15, 0.2) is 92.7 Å². The Labute approximate surface area is 153 Å². The van der Waals surface area contributed by atoms with E-state index in [0.717, 1.165) is 37.8 Å². The third-order valence-electron chi connectivity index (χ3n) is 3.86. The van der Waals surface area contributed by atoms with E-state index in [-0.39, 0.29) is 5.75 Å². The lowest BCUT2D eigenvalue weighted by molar-refractivity contribution is 0.475. The second-order valence-electron chi connectivity index (χ2n) is 5.63. The number of hydrogen-bond donors (Lipinski definition) is 1. The molecule has 3 aromatic carbocycles. The van der Waals surface area contributed by atoms with Crippen LogP contribution in [0.3, 0.4) is 0 Å². The SMILES string of the molecule is Oc1ccc(N=c2cc(-c3ccccc3)oc3ccc(Br)cc23)cc1. The Kier molecular flexibility index (Phi) is 4.12. The maximum Gasteiger partial charge on any atom is 0.136 e. The molecule has 0 aliphatic rings. The normalized spacial score (nSPS) is 11.8. The molecule has 4 aromatic rings. The molecule has 0 aliphatic carbocycles. The van der Waals surface area contributed by atoms with Gasteiger partial charge in [0, 0.05) is 21.5 Å². The fraction of sp³-hybridized carbons (Fsp3) is 0. The minimum absolute atomic E-state index is 0.222. The summed E-state index contributed by atoms with van der Waals surface area (Å²) in [7, 11) is 0. The topological polar surface area (TPSA) is 45.7 Å². The minimum Gasteiger partial charge on any atom is -0.508 e. The fourth-order valence-corrected chi connectivity index (χ4v) is 3.01. The van der Waals surface area contributed by atoms with Gasteiger partial charge in [-0.1, -0.05) is 46.3 Å². The second-order valence-corrected chi connectivity index (χ2v) is 6.55. The molecule has 25 heavy (non-hydrogen) atoms. The monoisotopic (exact) mass is 391 g/mol. The van der Waals surface area contributed by atoms with E-state index in [9.17, 15) is 5.11 Å². The first-order valence-electron chi connectivity index (χ1n) is 7.82. The van der Waals surface area contributed by atoms with Crippen LogP contribution in [0, 0.1) is 0 Å². The molecule has 3 nitrogen and oxygen atoms in total. The molecular formula is C21H14BrNO2. The van der Waals surface area contributed by atoms with Gasteiger partial charge in [-0.25, -0.2) is 4.99 Å². The van der Waals surface area contributed by atoms with Crippen LogP contribution < -0.4 is 5.36 Å². The van der Waals surface area contributed by atoms with Crippen LogP contribution in [0.2, 0.25) is 0 Å². The van der Waals surface area contributed by atoms with E-state index in [2.05, 4.69) is 15.9 Å². The minimum atomic E-state index is 0.222. The second kappa shape index (κ2) is 6.57. The Morgan fingerprint density at radius 3 is 2.36 bits per heavy atom. The molecule has 0 amide bonds. The van der Waals surface area contributed by atoms with Crippen LogP contribution in [-0.4, -0.2) is 5.11 Å². The van der Waals surface area contributed by atoms with Gasteiger partial charge >= 0.3 is 0 Å². The molecule has 1 aromatic heterocycles. The molecule has 0 aliphatic heterocycles. The number of hydrogen-bond acceptors (Lipinski definition) is 3. The number of benzene rings is 3. The van der Waals surface area contributed by atoms with Crippen LogP contribution in [0.1, 0.15) is 0 Å². The maximum atomic E-state index is 9.46. The van der Waals surface area contributed by atoms with Gasteiger partial charge in [-0.15, -0.1) is 0 Å². The van der Waals surface area contributed by atoms with E-state index in [1.165, 1.54) is 0 Å². The smallest absolute Gasteiger partial charge is 0.136 e. The lowest BCUT2D eigenvalue weighted by Crippen LogP contribution is -2.03. The molecule has 0 fully saturated rings. The highest BCUT2D eigenvalue weighted by Crippen LogP contribution is 2.25. The van der Waals surface area contributed by atoms with Gasteiger partial charge in [-0.05, 0) is 42.5 Å². The fourth-order valence-electron chi connectivity index (χ4n) is 2.64. The first-order valence-corrected chi connectivity index (χ1v) is 8.61. The van der Waals surface area contributed by atoms with Crippen molar-refractivity contribution in [3.05, 3.63) is 88.7 Å². The van der Waals surface area contributed by atoms with Crippen molar-refractivity contribution in [3.63, 3.8) is 0 Å². The molecule has 0 spiro atoms. The first kappa shape index (κ1) is 15.7. The van der Waals surface area contributed by atoms with Crippen LogP contribution in [0.25, 0.3) is 22.3 Å². The van der Waals surface area contributed by atoms with Crippen LogP contribution in [0.5, 0.6) is 5.75 Å². The van der Waals surface area contributed by atoms with Gasteiger partial charge in [-0.3, -0.25) is 0 Å². The summed E-state index contributed by atoms with van der Waals surface area (Å²) in [6, 6.07) is 24.6. The van der Waals surface area contributed by atoms with E-state index >= 15 is 0 Å². The maximum absolute atomic E-state index is 9.46. The van der Waals surface area contributed by atoms with Crippen LogP contribution in [-0.2, 0) is 0 Å². The van der Waals surface area contributed by atoms with Crippen molar-refractivity contribution >= 4 is 32.6 Å². The lowest BCUT2D eigenvalue weighted by Gasteiger charge is -2.05. The summed E-state index contributed by atoms with van der Waals surface area (Å²) < 4.78 is 7.04. The van der Waals surface area contributed by atoms with Gasteiger partial charge in [0.25, 0.3) is 0 Å². The van der Waals surface area contributed by atoms with E-state index < -0.39 is 0 Å².